The number of nitrogens with zero attached hydrogens (tertiary/aromatic N) is 2. The summed E-state index contributed by atoms with van der Waals surface area (Å²) in [5.74, 6) is -1.41. The summed E-state index contributed by atoms with van der Waals surface area (Å²) < 4.78 is 10.9. The molecule has 0 radical (unpaired) electrons. The number of hydrazine groups is 1. The molecule has 0 saturated carbocycles. The Morgan fingerprint density at radius 2 is 1.81 bits per heavy atom. The van der Waals surface area contributed by atoms with Gasteiger partial charge >= 0.3 is 0 Å². The van der Waals surface area contributed by atoms with Crippen LogP contribution in [0.1, 0.15) is 25.3 Å². The lowest BCUT2D eigenvalue weighted by atomic mass is 10.1. The number of imide groups is 1. The molecule has 3 aromatic rings. The Balaban J connectivity index is 1.49. The molecule has 0 aromatic heterocycles. The Hall–Kier alpha value is -4.40. The van der Waals surface area contributed by atoms with Crippen LogP contribution in [0, 0.1) is 6.92 Å². The van der Waals surface area contributed by atoms with E-state index in [2.05, 4.69) is 5.43 Å². The number of rotatable bonds is 7. The highest BCUT2D eigenvalue weighted by molar-refractivity contribution is 6.23. The first-order valence-corrected chi connectivity index (χ1v) is 11.6. The predicted molar refractivity (Wildman–Crippen MR) is 133 cm³/mol. The van der Waals surface area contributed by atoms with Gasteiger partial charge in [0.15, 0.2) is 6.61 Å². The molecule has 0 spiro atoms. The minimum Gasteiger partial charge on any atom is -0.495 e. The van der Waals surface area contributed by atoms with Gasteiger partial charge in [-0.1, -0.05) is 43.3 Å². The number of fused-ring (bicyclic) bond motifs is 1. The lowest BCUT2D eigenvalue weighted by Gasteiger charge is -2.27. The molecule has 1 heterocycles. The van der Waals surface area contributed by atoms with Crippen molar-refractivity contribution in [3.8, 4) is 11.5 Å². The quantitative estimate of drug-likeness (QED) is 0.404. The van der Waals surface area contributed by atoms with Gasteiger partial charge in [-0.2, -0.15) is 0 Å². The Morgan fingerprint density at radius 1 is 1.06 bits per heavy atom. The molecule has 0 bridgehead atoms. The molecule has 1 N–H and O–H groups in total. The number of methoxy groups -OCH3 is 1. The molecule has 4 amide bonds. The van der Waals surface area contributed by atoms with Crippen molar-refractivity contribution in [2.24, 2.45) is 0 Å². The van der Waals surface area contributed by atoms with E-state index >= 15 is 0 Å². The molecule has 1 aliphatic heterocycles. The van der Waals surface area contributed by atoms with E-state index in [-0.39, 0.29) is 19.4 Å². The van der Waals surface area contributed by atoms with Gasteiger partial charge in [-0.25, -0.2) is 9.91 Å². The van der Waals surface area contributed by atoms with Gasteiger partial charge in [0.1, 0.15) is 17.5 Å². The van der Waals surface area contributed by atoms with Crippen LogP contribution in [0.2, 0.25) is 0 Å². The van der Waals surface area contributed by atoms with E-state index in [0.29, 0.717) is 17.2 Å². The summed E-state index contributed by atoms with van der Waals surface area (Å²) in [6, 6.07) is 17.1. The van der Waals surface area contributed by atoms with Gasteiger partial charge in [0, 0.05) is 6.42 Å². The lowest BCUT2D eigenvalue weighted by molar-refractivity contribution is -0.148. The summed E-state index contributed by atoms with van der Waals surface area (Å²) in [5.41, 5.74) is 3.59. The fourth-order valence-corrected chi connectivity index (χ4v) is 4.10. The molecule has 36 heavy (non-hydrogen) atoms. The Morgan fingerprint density at radius 3 is 2.53 bits per heavy atom. The third-order valence-electron chi connectivity index (χ3n) is 5.92. The molecule has 1 saturated heterocycles. The van der Waals surface area contributed by atoms with Crippen LogP contribution in [0.4, 0.5) is 5.69 Å². The molecule has 4 rings (SSSR count). The average molecular weight is 490 g/mol. The van der Waals surface area contributed by atoms with Crippen molar-refractivity contribution < 1.29 is 28.7 Å². The molecule has 1 atom stereocenters. The van der Waals surface area contributed by atoms with E-state index in [1.165, 1.54) is 7.11 Å². The molecule has 3 aromatic carbocycles. The highest BCUT2D eigenvalue weighted by Gasteiger charge is 2.45. The normalized spacial score (nSPS) is 15.2. The summed E-state index contributed by atoms with van der Waals surface area (Å²) in [6.45, 7) is 3.06. The first-order chi connectivity index (χ1) is 17.3. The molecular weight excluding hydrogens is 462 g/mol. The van der Waals surface area contributed by atoms with Gasteiger partial charge < -0.3 is 9.47 Å². The Kier molecular flexibility index (Phi) is 7.19. The molecule has 1 aliphatic rings. The number of benzene rings is 3. The minimum absolute atomic E-state index is 0.0253. The van der Waals surface area contributed by atoms with Gasteiger partial charge in [-0.3, -0.25) is 24.6 Å². The van der Waals surface area contributed by atoms with Gasteiger partial charge in [0.05, 0.1) is 19.2 Å². The summed E-state index contributed by atoms with van der Waals surface area (Å²) >= 11 is 0. The van der Waals surface area contributed by atoms with Crippen molar-refractivity contribution in [3.63, 3.8) is 0 Å². The standard InChI is InChI=1S/C27H27N3O6/c1-4-25(32)30(28-24(31)16-36-20-11-10-18-7-5-6-8-19(18)14-20)22-15-26(33)29(27(22)34)21-13-17(2)9-12-23(21)35-3/h5-14,22H,4,15-16H2,1-3H3,(H,28,31). The smallest absolute Gasteiger partial charge is 0.276 e. The van der Waals surface area contributed by atoms with Crippen molar-refractivity contribution in [2.75, 3.05) is 18.6 Å². The Bertz CT molecular complexity index is 1340. The zero-order chi connectivity index (χ0) is 25.8. The van der Waals surface area contributed by atoms with Crippen LogP contribution in [0.15, 0.2) is 60.7 Å². The van der Waals surface area contributed by atoms with Crippen LogP contribution >= 0.6 is 0 Å². The number of carbonyl (C=O) groups is 4. The topological polar surface area (TPSA) is 105 Å². The monoisotopic (exact) mass is 489 g/mol. The fourth-order valence-electron chi connectivity index (χ4n) is 4.10. The molecule has 0 aliphatic carbocycles. The largest absolute Gasteiger partial charge is 0.495 e. The van der Waals surface area contributed by atoms with Crippen molar-refractivity contribution in [3.05, 3.63) is 66.2 Å². The number of hydrogen-bond acceptors (Lipinski definition) is 6. The van der Waals surface area contributed by atoms with Crippen LogP contribution in [0.25, 0.3) is 10.8 Å². The van der Waals surface area contributed by atoms with E-state index in [4.69, 9.17) is 9.47 Å². The second-order valence-corrected chi connectivity index (χ2v) is 8.41. The second-order valence-electron chi connectivity index (χ2n) is 8.41. The first kappa shape index (κ1) is 24.7. The summed E-state index contributed by atoms with van der Waals surface area (Å²) in [7, 11) is 1.44. The van der Waals surface area contributed by atoms with Gasteiger partial charge in [0.2, 0.25) is 11.8 Å². The summed E-state index contributed by atoms with van der Waals surface area (Å²) in [6.07, 6.45) is -0.245. The van der Waals surface area contributed by atoms with Gasteiger partial charge in [-0.15, -0.1) is 0 Å². The Labute approximate surface area is 208 Å². The number of ether oxygens (including phenoxy) is 2. The van der Waals surface area contributed by atoms with E-state index in [9.17, 15) is 19.2 Å². The van der Waals surface area contributed by atoms with E-state index in [1.807, 2.05) is 43.3 Å². The molecule has 1 unspecified atom stereocenters. The van der Waals surface area contributed by atoms with Crippen LogP contribution in [0.3, 0.4) is 0 Å². The zero-order valence-electron chi connectivity index (χ0n) is 20.3. The van der Waals surface area contributed by atoms with Crippen LogP contribution in [0.5, 0.6) is 11.5 Å². The maximum Gasteiger partial charge on any atom is 0.276 e. The average Bonchev–Trinajstić information content (AvgIpc) is 3.18. The third-order valence-corrected chi connectivity index (χ3v) is 5.92. The second kappa shape index (κ2) is 10.5. The van der Waals surface area contributed by atoms with Crippen LogP contribution in [-0.2, 0) is 19.2 Å². The van der Waals surface area contributed by atoms with E-state index < -0.39 is 29.7 Å². The number of anilines is 1. The highest BCUT2D eigenvalue weighted by Crippen LogP contribution is 2.34. The SMILES string of the molecule is CCC(=O)N(NC(=O)COc1ccc2ccccc2c1)C1CC(=O)N(c2cc(C)ccc2OC)C1=O. The molecule has 9 nitrogen and oxygen atoms in total. The minimum atomic E-state index is -1.18. The number of nitrogens with one attached hydrogen (secondary N) is 1. The molecular formula is C27H27N3O6. The molecule has 9 heteroatoms. The van der Waals surface area contributed by atoms with Crippen molar-refractivity contribution in [1.82, 2.24) is 10.4 Å². The predicted octanol–water partition coefficient (Wildman–Crippen LogP) is 3.14. The maximum absolute atomic E-state index is 13.3. The third kappa shape index (κ3) is 5.00. The highest BCUT2D eigenvalue weighted by atomic mass is 16.5. The number of aryl methyl sites for hydroxylation is 1. The van der Waals surface area contributed by atoms with Crippen molar-refractivity contribution in [2.45, 2.75) is 32.7 Å². The lowest BCUT2D eigenvalue weighted by Crippen LogP contribution is -2.55. The number of hydrogen-bond donors (Lipinski definition) is 1. The van der Waals surface area contributed by atoms with Gasteiger partial charge in [-0.05, 0) is 47.5 Å². The fraction of sp³-hybridized carbons (Fsp3) is 0.259. The molecule has 1 fully saturated rings. The zero-order valence-corrected chi connectivity index (χ0v) is 20.3. The maximum atomic E-state index is 13.3. The van der Waals surface area contributed by atoms with Crippen molar-refractivity contribution >= 4 is 40.1 Å². The number of amides is 4. The van der Waals surface area contributed by atoms with Crippen molar-refractivity contribution in [1.29, 1.82) is 0 Å². The number of carbonyl (C=O) groups excluding carboxylic acids is 4. The molecule has 186 valence electrons. The van der Waals surface area contributed by atoms with Gasteiger partial charge in [0.25, 0.3) is 11.8 Å². The summed E-state index contributed by atoms with van der Waals surface area (Å²) in [5, 5.41) is 2.93. The van der Waals surface area contributed by atoms with Crippen LogP contribution < -0.4 is 19.8 Å². The van der Waals surface area contributed by atoms with E-state index in [0.717, 1.165) is 26.2 Å². The van der Waals surface area contributed by atoms with Crippen LogP contribution in [-0.4, -0.2) is 48.4 Å². The summed E-state index contributed by atoms with van der Waals surface area (Å²) in [4.78, 5) is 52.6. The first-order valence-electron chi connectivity index (χ1n) is 11.6. The van der Waals surface area contributed by atoms with E-state index in [1.54, 1.807) is 31.2 Å².